The van der Waals surface area contributed by atoms with Crippen molar-refractivity contribution in [3.63, 3.8) is 0 Å². The molecule has 5 heteroatoms. The predicted molar refractivity (Wildman–Crippen MR) is 116 cm³/mol. The Morgan fingerprint density at radius 1 is 1.07 bits per heavy atom. The van der Waals surface area contributed by atoms with Gasteiger partial charge in [-0.05, 0) is 41.9 Å². The topological polar surface area (TPSA) is 55.4 Å². The van der Waals surface area contributed by atoms with E-state index in [9.17, 15) is 9.59 Å². The Morgan fingerprint density at radius 3 is 2.45 bits per heavy atom. The van der Waals surface area contributed by atoms with Crippen LogP contribution in [0.1, 0.15) is 44.3 Å². The van der Waals surface area contributed by atoms with Crippen molar-refractivity contribution in [1.29, 1.82) is 0 Å². The van der Waals surface area contributed by atoms with Crippen LogP contribution >= 0.6 is 11.3 Å². The van der Waals surface area contributed by atoms with Gasteiger partial charge in [-0.3, -0.25) is 4.79 Å². The third-order valence-corrected chi connectivity index (χ3v) is 6.56. The summed E-state index contributed by atoms with van der Waals surface area (Å²) in [6.45, 7) is 0. The zero-order chi connectivity index (χ0) is 20.2. The number of hydrogen-bond donors (Lipinski definition) is 1. The fourth-order valence-corrected chi connectivity index (χ4v) is 5.29. The Hall–Kier alpha value is -2.92. The second-order valence-electron chi connectivity index (χ2n) is 7.26. The highest BCUT2D eigenvalue weighted by Crippen LogP contribution is 2.42. The molecule has 1 N–H and O–H groups in total. The van der Waals surface area contributed by atoms with Crippen molar-refractivity contribution in [2.45, 2.75) is 31.6 Å². The third-order valence-electron chi connectivity index (χ3n) is 5.39. The lowest BCUT2D eigenvalue weighted by atomic mass is 9.83. The maximum absolute atomic E-state index is 12.6. The molecule has 1 aliphatic carbocycles. The molecular weight excluding hydrogens is 382 g/mol. The normalized spacial score (nSPS) is 15.4. The zero-order valence-corrected chi connectivity index (χ0v) is 17.1. The molecule has 1 aromatic heterocycles. The van der Waals surface area contributed by atoms with E-state index in [0.29, 0.717) is 16.5 Å². The van der Waals surface area contributed by atoms with Gasteiger partial charge >= 0.3 is 5.97 Å². The van der Waals surface area contributed by atoms with Gasteiger partial charge in [-0.25, -0.2) is 4.79 Å². The van der Waals surface area contributed by atoms with Crippen LogP contribution in [-0.2, 0) is 28.8 Å². The molecule has 3 aromatic rings. The number of esters is 1. The third kappa shape index (κ3) is 4.25. The fraction of sp³-hybridized carbons (Fsp3) is 0.250. The number of carbonyl (C=O) groups is 2. The Bertz CT molecular complexity index is 1010. The van der Waals surface area contributed by atoms with Gasteiger partial charge in [-0.2, -0.15) is 0 Å². The molecule has 0 aliphatic heterocycles. The lowest BCUT2D eigenvalue weighted by Crippen LogP contribution is -2.17. The molecule has 148 valence electrons. The van der Waals surface area contributed by atoms with Crippen molar-refractivity contribution < 1.29 is 14.3 Å². The average molecular weight is 406 g/mol. The van der Waals surface area contributed by atoms with Crippen molar-refractivity contribution in [1.82, 2.24) is 0 Å². The van der Waals surface area contributed by atoms with Crippen LogP contribution in [0, 0.1) is 0 Å². The predicted octanol–water partition coefficient (Wildman–Crippen LogP) is 4.99. The number of carbonyl (C=O) groups excluding carboxylic acids is 2. The lowest BCUT2D eigenvalue weighted by molar-refractivity contribution is -0.115. The summed E-state index contributed by atoms with van der Waals surface area (Å²) in [5.74, 6) is -0.0732. The number of rotatable bonds is 5. The van der Waals surface area contributed by atoms with Crippen LogP contribution in [0.4, 0.5) is 5.00 Å². The van der Waals surface area contributed by atoms with E-state index in [1.807, 2.05) is 36.4 Å². The number of thiophene rings is 1. The van der Waals surface area contributed by atoms with Gasteiger partial charge < -0.3 is 10.1 Å². The summed E-state index contributed by atoms with van der Waals surface area (Å²) < 4.78 is 5.03. The van der Waals surface area contributed by atoms with Gasteiger partial charge in [-0.15, -0.1) is 11.3 Å². The van der Waals surface area contributed by atoms with Crippen LogP contribution in [0.3, 0.4) is 0 Å². The second kappa shape index (κ2) is 8.62. The molecule has 0 saturated heterocycles. The summed E-state index contributed by atoms with van der Waals surface area (Å²) in [5, 5.41) is 3.57. The molecule has 0 radical (unpaired) electrons. The Labute approximate surface area is 174 Å². The highest BCUT2D eigenvalue weighted by molar-refractivity contribution is 7.17. The van der Waals surface area contributed by atoms with E-state index in [2.05, 4.69) is 29.6 Å². The second-order valence-corrected chi connectivity index (χ2v) is 8.37. The Morgan fingerprint density at radius 2 is 1.76 bits per heavy atom. The summed E-state index contributed by atoms with van der Waals surface area (Å²) in [5.41, 5.74) is 3.82. The number of hydrogen-bond acceptors (Lipinski definition) is 4. The number of amides is 1. The smallest absolute Gasteiger partial charge is 0.341 e. The van der Waals surface area contributed by atoms with Gasteiger partial charge in [-0.1, -0.05) is 60.7 Å². The first kappa shape index (κ1) is 19.4. The first-order valence-corrected chi connectivity index (χ1v) is 10.6. The van der Waals surface area contributed by atoms with Crippen molar-refractivity contribution >= 4 is 28.2 Å². The molecule has 2 aromatic carbocycles. The molecule has 1 heterocycles. The molecule has 1 unspecified atom stereocenters. The van der Waals surface area contributed by atoms with Crippen LogP contribution in [0.25, 0.3) is 0 Å². The zero-order valence-electron chi connectivity index (χ0n) is 16.3. The molecule has 1 atom stereocenters. The minimum atomic E-state index is -0.379. The highest BCUT2D eigenvalue weighted by atomic mass is 32.1. The highest BCUT2D eigenvalue weighted by Gasteiger charge is 2.30. The molecule has 0 spiro atoms. The number of ether oxygens (including phenoxy) is 1. The molecule has 1 amide bonds. The van der Waals surface area contributed by atoms with Crippen molar-refractivity contribution in [3.05, 3.63) is 87.8 Å². The van der Waals surface area contributed by atoms with Gasteiger partial charge in [0.1, 0.15) is 5.00 Å². The minimum Gasteiger partial charge on any atom is -0.465 e. The van der Waals surface area contributed by atoms with E-state index in [0.717, 1.165) is 30.4 Å². The van der Waals surface area contributed by atoms with E-state index in [1.165, 1.54) is 28.9 Å². The Balaban J connectivity index is 1.59. The van der Waals surface area contributed by atoms with Crippen LogP contribution in [0.2, 0.25) is 0 Å². The molecular formula is C24H23NO3S. The van der Waals surface area contributed by atoms with E-state index in [1.54, 1.807) is 0 Å². The minimum absolute atomic E-state index is 0.125. The fourth-order valence-electron chi connectivity index (χ4n) is 3.95. The van der Waals surface area contributed by atoms with Crippen LogP contribution in [0.15, 0.2) is 60.7 Å². The van der Waals surface area contributed by atoms with Gasteiger partial charge in [0.2, 0.25) is 5.91 Å². The molecule has 4 rings (SSSR count). The largest absolute Gasteiger partial charge is 0.465 e. The number of nitrogens with one attached hydrogen (secondary N) is 1. The summed E-state index contributed by atoms with van der Waals surface area (Å²) in [6.07, 6.45) is 2.94. The molecule has 1 aliphatic rings. The number of benzene rings is 2. The molecule has 0 fully saturated rings. The van der Waals surface area contributed by atoms with Gasteiger partial charge in [0.25, 0.3) is 0 Å². The molecule has 0 saturated carbocycles. The lowest BCUT2D eigenvalue weighted by Gasteiger charge is -2.22. The maximum atomic E-state index is 12.6. The SMILES string of the molecule is COC(=O)c1c(NC(=O)Cc2ccccc2)sc2c1CCC(c1ccccc1)C2. The summed E-state index contributed by atoms with van der Waals surface area (Å²) in [7, 11) is 1.39. The standard InChI is InChI=1S/C24H23NO3S/c1-28-24(27)22-19-13-12-18(17-10-6-3-7-11-17)15-20(19)29-23(22)25-21(26)14-16-8-4-2-5-9-16/h2-11,18H,12-15H2,1H3,(H,25,26). The van der Waals surface area contributed by atoms with E-state index in [-0.39, 0.29) is 18.3 Å². The van der Waals surface area contributed by atoms with Crippen molar-refractivity contribution in [2.24, 2.45) is 0 Å². The first-order chi connectivity index (χ1) is 14.2. The van der Waals surface area contributed by atoms with Crippen molar-refractivity contribution in [2.75, 3.05) is 12.4 Å². The van der Waals surface area contributed by atoms with Gasteiger partial charge in [0, 0.05) is 4.88 Å². The average Bonchev–Trinajstić information content (AvgIpc) is 3.11. The quantitative estimate of drug-likeness (QED) is 0.609. The van der Waals surface area contributed by atoms with Crippen LogP contribution < -0.4 is 5.32 Å². The van der Waals surface area contributed by atoms with Crippen molar-refractivity contribution in [3.8, 4) is 0 Å². The van der Waals surface area contributed by atoms with Crippen LogP contribution in [0.5, 0.6) is 0 Å². The monoisotopic (exact) mass is 405 g/mol. The van der Waals surface area contributed by atoms with E-state index < -0.39 is 0 Å². The van der Waals surface area contributed by atoms with Gasteiger partial charge in [0.15, 0.2) is 0 Å². The maximum Gasteiger partial charge on any atom is 0.341 e. The summed E-state index contributed by atoms with van der Waals surface area (Å²) in [4.78, 5) is 26.2. The van der Waals surface area contributed by atoms with E-state index >= 15 is 0 Å². The van der Waals surface area contributed by atoms with Gasteiger partial charge in [0.05, 0.1) is 19.1 Å². The molecule has 4 nitrogen and oxygen atoms in total. The number of methoxy groups -OCH3 is 1. The van der Waals surface area contributed by atoms with Crippen LogP contribution in [-0.4, -0.2) is 19.0 Å². The Kier molecular flexibility index (Phi) is 5.76. The molecule has 29 heavy (non-hydrogen) atoms. The first-order valence-electron chi connectivity index (χ1n) is 9.77. The summed E-state index contributed by atoms with van der Waals surface area (Å²) >= 11 is 1.51. The summed E-state index contributed by atoms with van der Waals surface area (Å²) in [6, 6.07) is 20.1. The molecule has 0 bridgehead atoms. The number of fused-ring (bicyclic) bond motifs is 1. The number of anilines is 1. The van der Waals surface area contributed by atoms with E-state index in [4.69, 9.17) is 4.74 Å².